The summed E-state index contributed by atoms with van der Waals surface area (Å²) in [5.74, 6) is 0. The summed E-state index contributed by atoms with van der Waals surface area (Å²) in [5.41, 5.74) is 9.48. The molecule has 1 saturated heterocycles. The van der Waals surface area contributed by atoms with Crippen LogP contribution in [0.25, 0.3) is 17.0 Å². The first kappa shape index (κ1) is 16.2. The lowest BCUT2D eigenvalue weighted by molar-refractivity contribution is 0.00578. The Kier molecular flexibility index (Phi) is 3.87. The van der Waals surface area contributed by atoms with Crippen LogP contribution >= 0.6 is 0 Å². The highest BCUT2D eigenvalue weighted by atomic mass is 16.7. The minimum atomic E-state index is -0.413. The smallest absolute Gasteiger partial charge is 0.400 e. The summed E-state index contributed by atoms with van der Waals surface area (Å²) < 4.78 is 12.2. The molecular weight excluding hydrogens is 289 g/mol. The summed E-state index contributed by atoms with van der Waals surface area (Å²) in [6.07, 6.45) is 3.90. The second kappa shape index (κ2) is 5.48. The molecule has 0 spiro atoms. The van der Waals surface area contributed by atoms with Crippen LogP contribution in [0.4, 0.5) is 0 Å². The molecule has 23 heavy (non-hydrogen) atoms. The fraction of sp³-hybridized carbons (Fsp3) is 0.471. The highest BCUT2D eigenvalue weighted by Crippen LogP contribution is 2.38. The van der Waals surface area contributed by atoms with Gasteiger partial charge in [-0.15, -0.1) is 0 Å². The van der Waals surface area contributed by atoms with Gasteiger partial charge in [-0.2, -0.15) is 5.10 Å². The molecule has 122 valence electrons. The number of aromatic amines is 1. The quantitative estimate of drug-likeness (QED) is 0.855. The van der Waals surface area contributed by atoms with Gasteiger partial charge in [0.25, 0.3) is 0 Å². The maximum atomic E-state index is 6.11. The van der Waals surface area contributed by atoms with Gasteiger partial charge in [-0.25, -0.2) is 0 Å². The number of nitrogens with zero attached hydrogens (tertiary/aromatic N) is 1. The van der Waals surface area contributed by atoms with Crippen molar-refractivity contribution in [1.82, 2.24) is 10.2 Å². The Balaban J connectivity index is 1.97. The molecule has 1 aliphatic rings. The standard InChI is InChI=1S/C17H24BN3O2/c1-11-6-15-13(10-20-21-15)7-12(11)8-14(9-19)18-22-16(2,3)17(4,5)23-18/h6-8,10H,9,19H2,1-5H3,(H,20,21). The van der Waals surface area contributed by atoms with Crippen molar-refractivity contribution in [3.63, 3.8) is 0 Å². The monoisotopic (exact) mass is 313 g/mol. The van der Waals surface area contributed by atoms with Gasteiger partial charge in [-0.1, -0.05) is 6.08 Å². The van der Waals surface area contributed by atoms with Gasteiger partial charge in [0.1, 0.15) is 0 Å². The van der Waals surface area contributed by atoms with Crippen molar-refractivity contribution in [1.29, 1.82) is 0 Å². The molecule has 0 bridgehead atoms. The molecule has 0 aliphatic carbocycles. The number of benzene rings is 1. The summed E-state index contributed by atoms with van der Waals surface area (Å²) in [7, 11) is -0.413. The molecule has 1 aromatic carbocycles. The summed E-state index contributed by atoms with van der Waals surface area (Å²) >= 11 is 0. The van der Waals surface area contributed by atoms with E-state index in [1.165, 1.54) is 0 Å². The lowest BCUT2D eigenvalue weighted by Gasteiger charge is -2.32. The predicted octanol–water partition coefficient (Wildman–Crippen LogP) is 2.84. The van der Waals surface area contributed by atoms with Crippen LogP contribution in [0.3, 0.4) is 0 Å². The molecule has 1 aromatic heterocycles. The second-order valence-corrected chi connectivity index (χ2v) is 7.18. The van der Waals surface area contributed by atoms with Crippen LogP contribution in [-0.4, -0.2) is 35.1 Å². The van der Waals surface area contributed by atoms with Crippen LogP contribution in [0.5, 0.6) is 0 Å². The Morgan fingerprint density at radius 3 is 2.52 bits per heavy atom. The van der Waals surface area contributed by atoms with Crippen LogP contribution in [0.15, 0.2) is 23.8 Å². The zero-order valence-corrected chi connectivity index (χ0v) is 14.4. The number of nitrogens with one attached hydrogen (secondary N) is 1. The molecule has 0 amide bonds. The molecule has 1 aliphatic heterocycles. The van der Waals surface area contributed by atoms with E-state index >= 15 is 0 Å². The zero-order chi connectivity index (χ0) is 16.8. The Morgan fingerprint density at radius 2 is 1.91 bits per heavy atom. The molecule has 0 unspecified atom stereocenters. The van der Waals surface area contributed by atoms with E-state index in [1.54, 1.807) is 0 Å². The van der Waals surface area contributed by atoms with Gasteiger partial charge < -0.3 is 15.0 Å². The van der Waals surface area contributed by atoms with E-state index in [0.717, 1.165) is 27.5 Å². The summed E-state index contributed by atoms with van der Waals surface area (Å²) in [6, 6.07) is 4.20. The molecule has 5 nitrogen and oxygen atoms in total. The van der Waals surface area contributed by atoms with Crippen molar-refractivity contribution in [2.75, 3.05) is 6.54 Å². The summed E-state index contributed by atoms with van der Waals surface area (Å²) in [4.78, 5) is 0. The van der Waals surface area contributed by atoms with Crippen LogP contribution in [-0.2, 0) is 9.31 Å². The molecule has 0 radical (unpaired) electrons. The largest absolute Gasteiger partial charge is 0.491 e. The first-order chi connectivity index (χ1) is 10.7. The molecule has 1 fully saturated rings. The number of hydrogen-bond donors (Lipinski definition) is 2. The van der Waals surface area contributed by atoms with E-state index in [9.17, 15) is 0 Å². The molecule has 3 rings (SSSR count). The van der Waals surface area contributed by atoms with Crippen molar-refractivity contribution < 1.29 is 9.31 Å². The summed E-state index contributed by atoms with van der Waals surface area (Å²) in [5, 5.41) is 8.14. The van der Waals surface area contributed by atoms with Crippen molar-refractivity contribution >= 4 is 24.1 Å². The first-order valence-electron chi connectivity index (χ1n) is 7.93. The number of aromatic nitrogens is 2. The van der Waals surface area contributed by atoms with E-state index in [2.05, 4.69) is 35.3 Å². The van der Waals surface area contributed by atoms with Crippen LogP contribution in [0.1, 0.15) is 38.8 Å². The van der Waals surface area contributed by atoms with E-state index in [0.29, 0.717) is 6.54 Å². The predicted molar refractivity (Wildman–Crippen MR) is 93.9 cm³/mol. The van der Waals surface area contributed by atoms with Gasteiger partial charge in [0.2, 0.25) is 0 Å². The van der Waals surface area contributed by atoms with E-state index in [4.69, 9.17) is 15.0 Å². The normalized spacial score (nSPS) is 20.4. The molecule has 0 atom stereocenters. The fourth-order valence-corrected chi connectivity index (χ4v) is 2.69. The molecule has 2 heterocycles. The van der Waals surface area contributed by atoms with E-state index in [-0.39, 0.29) is 11.2 Å². The lowest BCUT2D eigenvalue weighted by atomic mass is 9.77. The number of aryl methyl sites for hydroxylation is 1. The highest BCUT2D eigenvalue weighted by molar-refractivity contribution is 6.55. The second-order valence-electron chi connectivity index (χ2n) is 7.18. The number of H-pyrrole nitrogens is 1. The Bertz CT molecular complexity index is 748. The van der Waals surface area contributed by atoms with E-state index < -0.39 is 7.12 Å². The van der Waals surface area contributed by atoms with Crippen LogP contribution in [0, 0.1) is 6.92 Å². The molecule has 0 saturated carbocycles. The van der Waals surface area contributed by atoms with Crippen molar-refractivity contribution in [2.45, 2.75) is 45.8 Å². The van der Waals surface area contributed by atoms with Gasteiger partial charge in [0.15, 0.2) is 0 Å². The minimum absolute atomic E-state index is 0.366. The maximum Gasteiger partial charge on any atom is 0.491 e. The SMILES string of the molecule is Cc1cc2[nH]ncc2cc1C=C(CN)B1OC(C)(C)C(C)(C)O1. The minimum Gasteiger partial charge on any atom is -0.400 e. The topological polar surface area (TPSA) is 73.2 Å². The first-order valence-corrected chi connectivity index (χ1v) is 7.93. The highest BCUT2D eigenvalue weighted by Gasteiger charge is 2.52. The zero-order valence-electron chi connectivity index (χ0n) is 14.4. The Labute approximate surface area is 137 Å². The van der Waals surface area contributed by atoms with Crippen molar-refractivity contribution in [3.05, 3.63) is 34.9 Å². The molecule has 6 heteroatoms. The van der Waals surface area contributed by atoms with Gasteiger partial charge in [-0.3, -0.25) is 5.10 Å². The Morgan fingerprint density at radius 1 is 1.26 bits per heavy atom. The van der Waals surface area contributed by atoms with E-state index in [1.807, 2.05) is 33.9 Å². The van der Waals surface area contributed by atoms with Gasteiger partial charge in [-0.05, 0) is 63.4 Å². The number of hydrogen-bond acceptors (Lipinski definition) is 4. The molecular formula is C17H24BN3O2. The fourth-order valence-electron chi connectivity index (χ4n) is 2.69. The van der Waals surface area contributed by atoms with Crippen LogP contribution < -0.4 is 5.73 Å². The number of fused-ring (bicyclic) bond motifs is 1. The average Bonchev–Trinajstić information content (AvgIpc) is 2.97. The maximum absolute atomic E-state index is 6.11. The average molecular weight is 313 g/mol. The third-order valence-electron chi connectivity index (χ3n) is 4.96. The summed E-state index contributed by atoms with van der Waals surface area (Å²) in [6.45, 7) is 10.6. The van der Waals surface area contributed by atoms with Gasteiger partial charge in [0, 0.05) is 11.9 Å². The Hall–Kier alpha value is -1.63. The van der Waals surface area contributed by atoms with Gasteiger partial charge >= 0.3 is 7.12 Å². The van der Waals surface area contributed by atoms with Crippen molar-refractivity contribution in [3.8, 4) is 0 Å². The molecule has 2 aromatic rings. The molecule has 3 N–H and O–H groups in total. The third kappa shape index (κ3) is 2.82. The van der Waals surface area contributed by atoms with Crippen LogP contribution in [0.2, 0.25) is 0 Å². The van der Waals surface area contributed by atoms with Gasteiger partial charge in [0.05, 0.1) is 22.9 Å². The number of nitrogens with two attached hydrogens (primary N) is 1. The number of rotatable bonds is 3. The lowest BCUT2D eigenvalue weighted by Crippen LogP contribution is -2.41. The van der Waals surface area contributed by atoms with Crippen molar-refractivity contribution in [2.24, 2.45) is 5.73 Å². The third-order valence-corrected chi connectivity index (χ3v) is 4.96.